The van der Waals surface area contributed by atoms with Crippen LogP contribution in [0.15, 0.2) is 42.6 Å². The Labute approximate surface area is 133 Å². The van der Waals surface area contributed by atoms with Gasteiger partial charge in [-0.05, 0) is 43.4 Å². The molecule has 1 aliphatic rings. The predicted octanol–water partition coefficient (Wildman–Crippen LogP) is 3.17. The average Bonchev–Trinajstić information content (AvgIpc) is 2.97. The summed E-state index contributed by atoms with van der Waals surface area (Å²) in [5.41, 5.74) is 2.06. The zero-order valence-corrected chi connectivity index (χ0v) is 12.9. The largest absolute Gasteiger partial charge is 0.348 e. The summed E-state index contributed by atoms with van der Waals surface area (Å²) in [5.74, 6) is 0. The molecule has 0 spiro atoms. The minimum absolute atomic E-state index is 0.0700. The van der Waals surface area contributed by atoms with Gasteiger partial charge in [-0.3, -0.25) is 10.1 Å². The van der Waals surface area contributed by atoms with Gasteiger partial charge in [0.15, 0.2) is 5.11 Å². The maximum Gasteiger partial charge on any atom is 0.269 e. The third-order valence-electron chi connectivity index (χ3n) is 3.93. The van der Waals surface area contributed by atoms with Crippen molar-refractivity contribution in [3.8, 4) is 0 Å². The molecule has 1 aliphatic heterocycles. The van der Waals surface area contributed by atoms with E-state index in [-0.39, 0.29) is 11.7 Å². The Bertz CT molecular complexity index is 711. The van der Waals surface area contributed by atoms with E-state index in [4.69, 9.17) is 12.2 Å². The van der Waals surface area contributed by atoms with E-state index in [0.717, 1.165) is 18.8 Å². The predicted molar refractivity (Wildman–Crippen MR) is 88.9 cm³/mol. The van der Waals surface area contributed by atoms with Crippen molar-refractivity contribution >= 4 is 28.7 Å². The fraction of sp³-hybridized carbons (Fsp3) is 0.267. The molecule has 0 bridgehead atoms. The number of nitro groups is 1. The first-order valence-corrected chi connectivity index (χ1v) is 7.44. The molecule has 0 aliphatic carbocycles. The van der Waals surface area contributed by atoms with Gasteiger partial charge < -0.3 is 14.8 Å². The fourth-order valence-corrected chi connectivity index (χ4v) is 3.09. The molecule has 1 N–H and O–H groups in total. The van der Waals surface area contributed by atoms with Crippen LogP contribution in [0.25, 0.3) is 0 Å². The number of fused-ring (bicyclic) bond motifs is 1. The summed E-state index contributed by atoms with van der Waals surface area (Å²) in [5, 5.41) is 14.5. The molecular weight excluding hydrogens is 300 g/mol. The van der Waals surface area contributed by atoms with Crippen molar-refractivity contribution in [2.24, 2.45) is 0 Å². The molecule has 0 radical (unpaired) electrons. The van der Waals surface area contributed by atoms with Gasteiger partial charge in [0.05, 0.1) is 11.0 Å². The van der Waals surface area contributed by atoms with Crippen LogP contribution in [0, 0.1) is 10.1 Å². The van der Waals surface area contributed by atoms with E-state index in [0.29, 0.717) is 5.11 Å². The van der Waals surface area contributed by atoms with Gasteiger partial charge in [-0.15, -0.1) is 0 Å². The summed E-state index contributed by atoms with van der Waals surface area (Å²) < 4.78 is 2.23. The van der Waals surface area contributed by atoms with Crippen molar-refractivity contribution in [3.63, 3.8) is 0 Å². The van der Waals surface area contributed by atoms with Gasteiger partial charge in [-0.1, -0.05) is 0 Å². The molecule has 2 aromatic rings. The molecule has 7 heteroatoms. The molecule has 0 amide bonds. The SMILES string of the molecule is CC1c2cccn2CCN1C(=S)Nc1ccc([N+](=O)[O-])cc1. The second-order valence-corrected chi connectivity index (χ2v) is 5.62. The smallest absolute Gasteiger partial charge is 0.269 e. The number of non-ortho nitro benzene ring substituents is 1. The van der Waals surface area contributed by atoms with Crippen LogP contribution in [0.2, 0.25) is 0 Å². The summed E-state index contributed by atoms with van der Waals surface area (Å²) in [6, 6.07) is 10.6. The van der Waals surface area contributed by atoms with Crippen molar-refractivity contribution in [2.75, 3.05) is 11.9 Å². The molecular formula is C15H16N4O2S. The highest BCUT2D eigenvalue weighted by Gasteiger charge is 2.25. The molecule has 0 fully saturated rings. The summed E-state index contributed by atoms with van der Waals surface area (Å²) in [4.78, 5) is 12.4. The first kappa shape index (κ1) is 14.5. The van der Waals surface area contributed by atoms with E-state index < -0.39 is 4.92 Å². The maximum atomic E-state index is 10.7. The number of nitrogens with zero attached hydrogens (tertiary/aromatic N) is 3. The normalized spacial score (nSPS) is 17.0. The van der Waals surface area contributed by atoms with Crippen molar-refractivity contribution in [3.05, 3.63) is 58.4 Å². The van der Waals surface area contributed by atoms with Crippen LogP contribution in [-0.4, -0.2) is 26.0 Å². The Morgan fingerprint density at radius 2 is 2.05 bits per heavy atom. The van der Waals surface area contributed by atoms with E-state index in [1.54, 1.807) is 12.1 Å². The van der Waals surface area contributed by atoms with Crippen molar-refractivity contribution in [1.29, 1.82) is 0 Å². The van der Waals surface area contributed by atoms with Gasteiger partial charge >= 0.3 is 0 Å². The van der Waals surface area contributed by atoms with E-state index >= 15 is 0 Å². The van der Waals surface area contributed by atoms with Crippen LogP contribution in [0.5, 0.6) is 0 Å². The highest BCUT2D eigenvalue weighted by atomic mass is 32.1. The number of hydrogen-bond acceptors (Lipinski definition) is 3. The molecule has 6 nitrogen and oxygen atoms in total. The molecule has 1 aromatic carbocycles. The zero-order valence-electron chi connectivity index (χ0n) is 12.1. The molecule has 0 saturated heterocycles. The number of benzene rings is 1. The number of thiocarbonyl (C=S) groups is 1. The molecule has 1 unspecified atom stereocenters. The Morgan fingerprint density at radius 3 is 2.73 bits per heavy atom. The molecule has 3 rings (SSSR count). The minimum atomic E-state index is -0.414. The average molecular weight is 316 g/mol. The van der Waals surface area contributed by atoms with Crippen molar-refractivity contribution in [2.45, 2.75) is 19.5 Å². The van der Waals surface area contributed by atoms with Crippen molar-refractivity contribution < 1.29 is 4.92 Å². The first-order valence-electron chi connectivity index (χ1n) is 7.03. The summed E-state index contributed by atoms with van der Waals surface area (Å²) in [7, 11) is 0. The van der Waals surface area contributed by atoms with E-state index in [1.165, 1.54) is 17.8 Å². The van der Waals surface area contributed by atoms with Gasteiger partial charge in [-0.25, -0.2) is 0 Å². The number of aromatic nitrogens is 1. The van der Waals surface area contributed by atoms with Crippen molar-refractivity contribution in [1.82, 2.24) is 9.47 Å². The Morgan fingerprint density at radius 1 is 1.32 bits per heavy atom. The Balaban J connectivity index is 1.71. The summed E-state index contributed by atoms with van der Waals surface area (Å²) in [6.07, 6.45) is 2.08. The van der Waals surface area contributed by atoms with Gasteiger partial charge in [0.2, 0.25) is 0 Å². The molecule has 0 saturated carbocycles. The summed E-state index contributed by atoms with van der Waals surface area (Å²) >= 11 is 5.49. The lowest BCUT2D eigenvalue weighted by Gasteiger charge is -2.36. The lowest BCUT2D eigenvalue weighted by molar-refractivity contribution is -0.384. The van der Waals surface area contributed by atoms with Gasteiger partial charge in [-0.2, -0.15) is 0 Å². The molecule has 22 heavy (non-hydrogen) atoms. The van der Waals surface area contributed by atoms with Gasteiger partial charge in [0.1, 0.15) is 0 Å². The molecule has 114 valence electrons. The third-order valence-corrected chi connectivity index (χ3v) is 4.27. The minimum Gasteiger partial charge on any atom is -0.348 e. The third kappa shape index (κ3) is 2.67. The van der Waals surface area contributed by atoms with Gasteiger partial charge in [0, 0.05) is 42.8 Å². The van der Waals surface area contributed by atoms with Crippen LogP contribution < -0.4 is 5.32 Å². The van der Waals surface area contributed by atoms with E-state index in [1.807, 2.05) is 6.07 Å². The second-order valence-electron chi connectivity index (χ2n) is 5.23. The molecule has 2 heterocycles. The maximum absolute atomic E-state index is 10.7. The number of anilines is 1. The van der Waals surface area contributed by atoms with Crippen LogP contribution >= 0.6 is 12.2 Å². The summed E-state index contributed by atoms with van der Waals surface area (Å²) in [6.45, 7) is 3.85. The Hall–Kier alpha value is -2.41. The topological polar surface area (TPSA) is 63.3 Å². The molecule has 1 aromatic heterocycles. The van der Waals surface area contributed by atoms with Crippen LogP contribution in [0.3, 0.4) is 0 Å². The van der Waals surface area contributed by atoms with Crippen LogP contribution in [0.1, 0.15) is 18.7 Å². The number of hydrogen-bond donors (Lipinski definition) is 1. The number of nitro benzene ring substituents is 1. The fourth-order valence-electron chi connectivity index (χ4n) is 2.72. The lowest BCUT2D eigenvalue weighted by atomic mass is 10.1. The first-order chi connectivity index (χ1) is 10.6. The van der Waals surface area contributed by atoms with E-state index in [2.05, 4.69) is 34.0 Å². The molecule has 1 atom stereocenters. The van der Waals surface area contributed by atoms with Crippen LogP contribution in [0.4, 0.5) is 11.4 Å². The van der Waals surface area contributed by atoms with Gasteiger partial charge in [0.25, 0.3) is 5.69 Å². The highest BCUT2D eigenvalue weighted by Crippen LogP contribution is 2.26. The zero-order chi connectivity index (χ0) is 15.7. The Kier molecular flexibility index (Phi) is 3.81. The lowest BCUT2D eigenvalue weighted by Crippen LogP contribution is -2.42. The van der Waals surface area contributed by atoms with E-state index in [9.17, 15) is 10.1 Å². The second kappa shape index (κ2) is 5.76. The number of rotatable bonds is 2. The monoisotopic (exact) mass is 316 g/mol. The number of nitrogens with one attached hydrogen (secondary N) is 1. The quantitative estimate of drug-likeness (QED) is 0.524. The van der Waals surface area contributed by atoms with Crippen LogP contribution in [-0.2, 0) is 6.54 Å². The standard InChI is InChI=1S/C15H16N4O2S/c1-11-14-3-2-8-17(14)9-10-18(11)15(22)16-12-4-6-13(7-5-12)19(20)21/h2-8,11H,9-10H2,1H3,(H,16,22). The highest BCUT2D eigenvalue weighted by molar-refractivity contribution is 7.80.